The fraction of sp³-hybridized carbons (Fsp3) is 0.333. The number of nitrogen functional groups attached to an aromatic ring is 1. The van der Waals surface area contributed by atoms with Crippen molar-refractivity contribution in [1.82, 2.24) is 4.98 Å². The van der Waals surface area contributed by atoms with Gasteiger partial charge in [-0.25, -0.2) is 4.98 Å². The summed E-state index contributed by atoms with van der Waals surface area (Å²) in [6.07, 6.45) is 0.954. The summed E-state index contributed by atoms with van der Waals surface area (Å²) in [5.41, 5.74) is 6.87. The van der Waals surface area contributed by atoms with Crippen LogP contribution >= 0.6 is 11.8 Å². The minimum Gasteiger partial charge on any atom is -0.490 e. The Labute approximate surface area is 225 Å². The highest BCUT2D eigenvalue weighted by Gasteiger charge is 2.29. The Morgan fingerprint density at radius 1 is 1.05 bits per heavy atom. The number of nitrogens with zero attached hydrogens (tertiary/aromatic N) is 3. The molecule has 0 amide bonds. The molecular formula is C27H28N4O6S. The van der Waals surface area contributed by atoms with E-state index in [4.69, 9.17) is 19.9 Å². The molecule has 1 heterocycles. The number of carbonyl (C=O) groups excluding carboxylic acids is 3. The number of nitriles is 2. The van der Waals surface area contributed by atoms with Crippen LogP contribution in [0.5, 0.6) is 5.75 Å². The summed E-state index contributed by atoms with van der Waals surface area (Å²) in [6, 6.07) is 10.8. The Kier molecular flexibility index (Phi) is 11.8. The van der Waals surface area contributed by atoms with Gasteiger partial charge in [0.1, 0.15) is 46.7 Å². The fourth-order valence-electron chi connectivity index (χ4n) is 3.39. The lowest BCUT2D eigenvalue weighted by atomic mass is 9.97. The molecule has 0 saturated carbocycles. The molecule has 0 spiro atoms. The maximum absolute atomic E-state index is 13.0. The van der Waals surface area contributed by atoms with Crippen molar-refractivity contribution in [3.05, 3.63) is 48.0 Å². The van der Waals surface area contributed by atoms with Crippen molar-refractivity contribution in [2.45, 2.75) is 43.4 Å². The van der Waals surface area contributed by atoms with Crippen molar-refractivity contribution in [1.29, 1.82) is 10.5 Å². The van der Waals surface area contributed by atoms with Crippen LogP contribution in [0.4, 0.5) is 5.82 Å². The van der Waals surface area contributed by atoms with Crippen LogP contribution in [-0.4, -0.2) is 47.8 Å². The number of rotatable bonds is 14. The minimum atomic E-state index is -1.02. The first-order chi connectivity index (χ1) is 18.3. The van der Waals surface area contributed by atoms with Gasteiger partial charge in [0.25, 0.3) is 0 Å². The summed E-state index contributed by atoms with van der Waals surface area (Å²) in [6.45, 7) is 7.50. The third kappa shape index (κ3) is 8.08. The van der Waals surface area contributed by atoms with Gasteiger partial charge in [-0.3, -0.25) is 14.4 Å². The molecule has 198 valence electrons. The van der Waals surface area contributed by atoms with Crippen LogP contribution in [-0.2, 0) is 23.9 Å². The summed E-state index contributed by atoms with van der Waals surface area (Å²) in [5.74, 6) is -1.16. The maximum Gasteiger partial charge on any atom is 0.307 e. The first-order valence-corrected chi connectivity index (χ1v) is 12.7. The summed E-state index contributed by atoms with van der Waals surface area (Å²) < 4.78 is 15.4. The zero-order valence-electron chi connectivity index (χ0n) is 21.2. The molecule has 0 bridgehead atoms. The number of carbonyl (C=O) groups is 3. The number of pyridine rings is 1. The molecule has 0 radical (unpaired) electrons. The van der Waals surface area contributed by atoms with E-state index in [2.05, 4.69) is 17.6 Å². The first-order valence-electron chi connectivity index (χ1n) is 11.8. The van der Waals surface area contributed by atoms with E-state index >= 15 is 0 Å². The van der Waals surface area contributed by atoms with Gasteiger partial charge in [-0.15, -0.1) is 0 Å². The number of anilines is 1. The molecule has 1 unspecified atom stereocenters. The van der Waals surface area contributed by atoms with E-state index < -0.39 is 23.0 Å². The van der Waals surface area contributed by atoms with Crippen LogP contribution in [0.1, 0.15) is 44.2 Å². The Balaban J connectivity index is 2.51. The topological polar surface area (TPSA) is 165 Å². The molecule has 0 aliphatic carbocycles. The van der Waals surface area contributed by atoms with Crippen LogP contribution in [0, 0.1) is 22.7 Å². The van der Waals surface area contributed by atoms with Crippen molar-refractivity contribution in [3.63, 3.8) is 0 Å². The Morgan fingerprint density at radius 2 is 1.68 bits per heavy atom. The maximum atomic E-state index is 13.0. The van der Waals surface area contributed by atoms with E-state index in [1.165, 1.54) is 0 Å². The van der Waals surface area contributed by atoms with E-state index in [0.717, 1.165) is 11.8 Å². The van der Waals surface area contributed by atoms with Gasteiger partial charge in [0, 0.05) is 12.0 Å². The molecule has 2 rings (SSSR count). The molecule has 0 saturated heterocycles. The molecule has 0 aliphatic rings. The lowest BCUT2D eigenvalue weighted by Gasteiger charge is -2.18. The van der Waals surface area contributed by atoms with Crippen molar-refractivity contribution in [2.24, 2.45) is 0 Å². The van der Waals surface area contributed by atoms with Crippen molar-refractivity contribution in [2.75, 3.05) is 25.6 Å². The highest BCUT2D eigenvalue weighted by Crippen LogP contribution is 2.38. The zero-order valence-corrected chi connectivity index (χ0v) is 22.0. The standard InChI is InChI=1S/C27H28N4O6S/c1-4-13-37-18-9-7-17(8-10-18)25-19(15-28)26(30)31-27(20(25)16-29)38-22(14-24(34)36-6-3)21(32)11-12-23(33)35-5-2/h4,7-10,22H,1,5-6,11-14H2,2-3H3,(H2,30,31). The molecule has 38 heavy (non-hydrogen) atoms. The quantitative estimate of drug-likeness (QED) is 0.211. The number of hydrogen-bond donors (Lipinski definition) is 1. The third-order valence-electron chi connectivity index (χ3n) is 5.08. The lowest BCUT2D eigenvalue weighted by Crippen LogP contribution is -2.24. The van der Waals surface area contributed by atoms with Crippen LogP contribution in [0.2, 0.25) is 0 Å². The fourth-order valence-corrected chi connectivity index (χ4v) is 4.55. The average molecular weight is 537 g/mol. The molecule has 0 fully saturated rings. The molecule has 2 N–H and O–H groups in total. The first kappa shape index (κ1) is 29.9. The van der Waals surface area contributed by atoms with Crippen LogP contribution in [0.3, 0.4) is 0 Å². The highest BCUT2D eigenvalue weighted by molar-refractivity contribution is 8.00. The number of benzene rings is 1. The van der Waals surface area contributed by atoms with Gasteiger partial charge in [0.2, 0.25) is 0 Å². The van der Waals surface area contributed by atoms with Crippen molar-refractivity contribution < 1.29 is 28.6 Å². The molecule has 0 aliphatic heterocycles. The molecule has 11 heteroatoms. The second kappa shape index (κ2) is 15.0. The van der Waals surface area contributed by atoms with Crippen LogP contribution in [0.25, 0.3) is 11.1 Å². The number of esters is 2. The van der Waals surface area contributed by atoms with Crippen LogP contribution in [0.15, 0.2) is 41.9 Å². The Morgan fingerprint density at radius 3 is 2.26 bits per heavy atom. The monoisotopic (exact) mass is 536 g/mol. The van der Waals surface area contributed by atoms with Gasteiger partial charge in [-0.05, 0) is 31.5 Å². The summed E-state index contributed by atoms with van der Waals surface area (Å²) in [5, 5.41) is 18.9. The average Bonchev–Trinajstić information content (AvgIpc) is 2.90. The van der Waals surface area contributed by atoms with E-state index in [9.17, 15) is 24.9 Å². The van der Waals surface area contributed by atoms with Gasteiger partial charge in [-0.2, -0.15) is 10.5 Å². The number of aromatic nitrogens is 1. The summed E-state index contributed by atoms with van der Waals surface area (Å²) in [4.78, 5) is 41.3. The SMILES string of the molecule is C=CCOc1ccc(-c2c(C#N)c(N)nc(SC(CC(=O)OCC)C(=O)CCC(=O)OCC)c2C#N)cc1. The largest absolute Gasteiger partial charge is 0.490 e. The number of ether oxygens (including phenoxy) is 3. The zero-order chi connectivity index (χ0) is 28.1. The summed E-state index contributed by atoms with van der Waals surface area (Å²) >= 11 is 0.862. The molecule has 1 aromatic heterocycles. The molecule has 1 atom stereocenters. The Hall–Kier alpha value is -4.35. The van der Waals surface area contributed by atoms with Gasteiger partial charge < -0.3 is 19.9 Å². The van der Waals surface area contributed by atoms with E-state index in [-0.39, 0.29) is 60.0 Å². The minimum absolute atomic E-state index is 0.00115. The van der Waals surface area contributed by atoms with Crippen molar-refractivity contribution in [3.8, 4) is 29.0 Å². The van der Waals surface area contributed by atoms with E-state index in [1.807, 2.05) is 6.07 Å². The number of thioether (sulfide) groups is 1. The smallest absolute Gasteiger partial charge is 0.307 e. The van der Waals surface area contributed by atoms with E-state index in [0.29, 0.717) is 17.9 Å². The molecular weight excluding hydrogens is 508 g/mol. The van der Waals surface area contributed by atoms with Crippen molar-refractivity contribution >= 4 is 35.3 Å². The number of nitrogens with two attached hydrogens (primary N) is 1. The van der Waals surface area contributed by atoms with Gasteiger partial charge in [0.15, 0.2) is 0 Å². The van der Waals surface area contributed by atoms with Crippen LogP contribution < -0.4 is 10.5 Å². The number of ketones is 1. The second-order valence-electron chi connectivity index (χ2n) is 7.66. The predicted octanol–water partition coefficient (Wildman–Crippen LogP) is 3.97. The normalized spacial score (nSPS) is 10.9. The molecule has 2 aromatic rings. The number of Topliss-reactive ketones (excluding diaryl/α,β-unsaturated/α-hetero) is 1. The van der Waals surface area contributed by atoms with Gasteiger partial charge >= 0.3 is 11.9 Å². The van der Waals surface area contributed by atoms with E-state index in [1.54, 1.807) is 44.2 Å². The molecule has 10 nitrogen and oxygen atoms in total. The third-order valence-corrected chi connectivity index (χ3v) is 6.31. The predicted molar refractivity (Wildman–Crippen MR) is 141 cm³/mol. The van der Waals surface area contributed by atoms with Gasteiger partial charge in [0.05, 0.1) is 36.9 Å². The highest BCUT2D eigenvalue weighted by atomic mass is 32.2. The summed E-state index contributed by atoms with van der Waals surface area (Å²) in [7, 11) is 0. The van der Waals surface area contributed by atoms with Gasteiger partial charge in [-0.1, -0.05) is 36.5 Å². The molecule has 1 aromatic carbocycles. The number of hydrogen-bond acceptors (Lipinski definition) is 11. The Bertz CT molecular complexity index is 1260. The second-order valence-corrected chi connectivity index (χ2v) is 8.85. The lowest BCUT2D eigenvalue weighted by molar-refractivity contribution is -0.144.